The molecule has 0 radical (unpaired) electrons. The first kappa shape index (κ1) is 29.2. The highest BCUT2D eigenvalue weighted by Gasteiger charge is 2.69. The third kappa shape index (κ3) is 4.28. The second-order valence-corrected chi connectivity index (χ2v) is 12.3. The van der Waals surface area contributed by atoms with Gasteiger partial charge in [0.1, 0.15) is 5.75 Å². The van der Waals surface area contributed by atoms with E-state index in [4.69, 9.17) is 5.73 Å². The van der Waals surface area contributed by atoms with Crippen LogP contribution in [0.2, 0.25) is 0 Å². The van der Waals surface area contributed by atoms with Crippen LogP contribution in [0.25, 0.3) is 0 Å². The summed E-state index contributed by atoms with van der Waals surface area (Å²) in [6.45, 7) is -0.454. The smallest absolute Gasteiger partial charge is 0.261 e. The Balaban J connectivity index is 1.61. The van der Waals surface area contributed by atoms with Crippen molar-refractivity contribution >= 4 is 34.7 Å². The monoisotopic (exact) mass is 576 g/mol. The summed E-state index contributed by atoms with van der Waals surface area (Å²) in [5.41, 5.74) is 3.64. The van der Waals surface area contributed by atoms with Gasteiger partial charge in [0.2, 0.25) is 5.91 Å². The molecule has 2 unspecified atom stereocenters. The van der Waals surface area contributed by atoms with Crippen molar-refractivity contribution in [1.29, 1.82) is 0 Å². The molecule has 2 saturated carbocycles. The molecule has 4 N–H and O–H groups in total. The van der Waals surface area contributed by atoms with E-state index >= 15 is 0 Å². The Hall–Kier alpha value is -3.29. The molecule has 0 spiro atoms. The number of Topliss-reactive ketones (excluding diaryl/α,β-unsaturated/α-hetero) is 4. The van der Waals surface area contributed by atoms with Crippen LogP contribution in [0.1, 0.15) is 34.3 Å². The molecule has 5 rings (SSSR count). The number of anilines is 1. The van der Waals surface area contributed by atoms with Crippen LogP contribution in [0.15, 0.2) is 6.07 Å². The topological polar surface area (TPSA) is 162 Å². The Kier molecular flexibility index (Phi) is 6.86. The Morgan fingerprint density at radius 2 is 1.80 bits per heavy atom. The van der Waals surface area contributed by atoms with Gasteiger partial charge in [0.05, 0.1) is 24.1 Å². The predicted molar refractivity (Wildman–Crippen MR) is 141 cm³/mol. The van der Waals surface area contributed by atoms with E-state index in [0.29, 0.717) is 11.3 Å². The lowest BCUT2D eigenvalue weighted by atomic mass is 9.52. The molecule has 1 amide bonds. The number of likely N-dealkylation sites (tertiary alicyclic amines) is 1. The van der Waals surface area contributed by atoms with Crippen LogP contribution in [-0.4, -0.2) is 108 Å². The van der Waals surface area contributed by atoms with Gasteiger partial charge in [-0.15, -0.1) is 0 Å². The number of alkyl halides is 2. The number of likely N-dealkylation sites (N-methyl/N-ethyl adjacent to an activating group) is 1. The summed E-state index contributed by atoms with van der Waals surface area (Å²) in [5, 5.41) is 23.0. The molecule has 1 aliphatic heterocycles. The number of aromatic hydroxyl groups is 1. The summed E-state index contributed by atoms with van der Waals surface area (Å²) in [4.78, 5) is 71.4. The third-order valence-electron chi connectivity index (χ3n) is 9.24. The van der Waals surface area contributed by atoms with Crippen molar-refractivity contribution in [2.75, 3.05) is 46.2 Å². The van der Waals surface area contributed by atoms with Crippen molar-refractivity contribution in [3.63, 3.8) is 0 Å². The number of amides is 1. The quantitative estimate of drug-likeness (QED) is 0.400. The lowest BCUT2D eigenvalue weighted by molar-refractivity contribution is -0.181. The highest BCUT2D eigenvalue weighted by molar-refractivity contribution is 6.32. The molecular formula is C28H34F2N4O7. The number of hydrogen-bond donors (Lipinski definition) is 3. The van der Waals surface area contributed by atoms with E-state index in [2.05, 4.69) is 0 Å². The number of ketones is 4. The molecule has 222 valence electrons. The fourth-order valence-electron chi connectivity index (χ4n) is 7.41. The van der Waals surface area contributed by atoms with Crippen molar-refractivity contribution in [3.05, 3.63) is 22.8 Å². The number of carbonyl (C=O) groups is 5. The Morgan fingerprint density at radius 3 is 2.34 bits per heavy atom. The van der Waals surface area contributed by atoms with Crippen LogP contribution < -0.4 is 10.6 Å². The van der Waals surface area contributed by atoms with E-state index < -0.39 is 82.6 Å². The zero-order valence-electron chi connectivity index (χ0n) is 23.3. The number of rotatable bonds is 5. The number of phenols is 1. The molecular weight excluding hydrogens is 542 g/mol. The lowest BCUT2D eigenvalue weighted by Crippen LogP contribution is -2.74. The number of phenolic OH excluding ortho intramolecular Hbond substituents is 1. The molecule has 1 aromatic carbocycles. The van der Waals surface area contributed by atoms with Crippen LogP contribution >= 0.6 is 0 Å². The minimum Gasteiger partial charge on any atom is -0.507 e. The van der Waals surface area contributed by atoms with Crippen molar-refractivity contribution in [2.45, 2.75) is 43.4 Å². The first-order valence-electron chi connectivity index (χ1n) is 13.5. The van der Waals surface area contributed by atoms with Crippen LogP contribution in [0.4, 0.5) is 14.5 Å². The fraction of sp³-hybridized carbons (Fsp3) is 0.607. The van der Waals surface area contributed by atoms with Gasteiger partial charge in [-0.3, -0.25) is 33.8 Å². The predicted octanol–water partition coefficient (Wildman–Crippen LogP) is -0.226. The summed E-state index contributed by atoms with van der Waals surface area (Å²) < 4.78 is 27.7. The highest BCUT2D eigenvalue weighted by Crippen LogP contribution is 2.52. The number of fused-ring (bicyclic) bond motifs is 3. The van der Waals surface area contributed by atoms with Gasteiger partial charge in [-0.1, -0.05) is 0 Å². The minimum absolute atomic E-state index is 0.0533. The molecule has 1 saturated heterocycles. The fourth-order valence-corrected chi connectivity index (χ4v) is 7.41. The Morgan fingerprint density at radius 1 is 1.15 bits per heavy atom. The molecule has 6 atom stereocenters. The molecule has 3 aliphatic carbocycles. The van der Waals surface area contributed by atoms with Crippen LogP contribution in [0.3, 0.4) is 0 Å². The average molecular weight is 577 g/mol. The number of nitrogens with two attached hydrogens (primary N) is 1. The molecule has 4 aliphatic rings. The number of aliphatic hydroxyl groups is 1. The van der Waals surface area contributed by atoms with Gasteiger partial charge >= 0.3 is 0 Å². The molecule has 3 fully saturated rings. The number of nitrogens with zero attached hydrogens (tertiary/aromatic N) is 3. The molecule has 1 aromatic rings. The molecule has 0 bridgehead atoms. The van der Waals surface area contributed by atoms with Crippen molar-refractivity contribution in [1.82, 2.24) is 9.80 Å². The Labute approximate surface area is 235 Å². The molecule has 1 heterocycles. The molecule has 41 heavy (non-hydrogen) atoms. The zero-order valence-corrected chi connectivity index (χ0v) is 23.3. The molecule has 0 aromatic heterocycles. The van der Waals surface area contributed by atoms with Crippen LogP contribution in [0.5, 0.6) is 5.75 Å². The number of halogens is 2. The van der Waals surface area contributed by atoms with Gasteiger partial charge in [0, 0.05) is 50.8 Å². The largest absolute Gasteiger partial charge is 0.507 e. The molecule has 11 nitrogen and oxygen atoms in total. The van der Waals surface area contributed by atoms with Crippen molar-refractivity contribution in [3.8, 4) is 5.75 Å². The van der Waals surface area contributed by atoms with E-state index in [1.165, 1.54) is 23.9 Å². The summed E-state index contributed by atoms with van der Waals surface area (Å²) in [5.74, 6) is -14.1. The third-order valence-corrected chi connectivity index (χ3v) is 9.24. The van der Waals surface area contributed by atoms with Gasteiger partial charge in [0.15, 0.2) is 34.7 Å². The number of hydrogen-bond acceptors (Lipinski definition) is 10. The first-order chi connectivity index (χ1) is 19.0. The summed E-state index contributed by atoms with van der Waals surface area (Å²) >= 11 is 0. The van der Waals surface area contributed by atoms with E-state index in [1.807, 2.05) is 0 Å². The summed E-state index contributed by atoms with van der Waals surface area (Å²) in [7, 11) is 6.50. The van der Waals surface area contributed by atoms with Gasteiger partial charge in [-0.25, -0.2) is 8.78 Å². The SMILES string of the molecule is CN(C)c1cc(CN2CCC(F)(F)C2)c(O)c2c1C[C@H]1C[C@H]3[C@H](N(C)C)C(=O)C(C(N)=O)C(=O)[C@@]3(O)C(=O)C1C2=O. The Bertz CT molecular complexity index is 1380. The molecule has 13 heteroatoms. The summed E-state index contributed by atoms with van der Waals surface area (Å²) in [6, 6.07) is 0.465. The second kappa shape index (κ2) is 9.63. The summed E-state index contributed by atoms with van der Waals surface area (Å²) in [6.07, 6.45) is -0.260. The second-order valence-electron chi connectivity index (χ2n) is 12.3. The van der Waals surface area contributed by atoms with Gasteiger partial charge in [-0.05, 0) is 44.5 Å². The highest BCUT2D eigenvalue weighted by atomic mass is 19.3. The minimum atomic E-state index is -2.86. The maximum Gasteiger partial charge on any atom is 0.261 e. The van der Waals surface area contributed by atoms with E-state index in [-0.39, 0.29) is 43.5 Å². The normalized spacial score (nSPS) is 33.0. The standard InChI is InChI=1S/C28H34F2N4O7/c1-32(2)16-9-13(10-34-6-5-27(29,30)11-34)21(35)18-14(16)7-12-8-15-20(33(3)4)23(37)19(26(31)40)25(39)28(15,41)24(38)17(12)22(18)36/h9,12,15,17,19-20,35,41H,5-8,10-11H2,1-4H3,(H2,31,40)/t12-,15-,17?,19?,20-,28-/m0/s1. The first-order valence-corrected chi connectivity index (χ1v) is 13.5. The van der Waals surface area contributed by atoms with Crippen molar-refractivity contribution < 1.29 is 43.0 Å². The van der Waals surface area contributed by atoms with Crippen LogP contribution in [-0.2, 0) is 32.1 Å². The van der Waals surface area contributed by atoms with E-state index in [1.54, 1.807) is 25.1 Å². The number of benzene rings is 1. The maximum atomic E-state index is 14.0. The zero-order chi connectivity index (χ0) is 30.3. The van der Waals surface area contributed by atoms with E-state index in [9.17, 15) is 43.0 Å². The van der Waals surface area contributed by atoms with E-state index in [0.717, 1.165) is 0 Å². The average Bonchev–Trinajstić information content (AvgIpc) is 3.20. The van der Waals surface area contributed by atoms with Gasteiger partial charge in [0.25, 0.3) is 5.92 Å². The van der Waals surface area contributed by atoms with Gasteiger partial charge in [-0.2, -0.15) is 0 Å². The number of primary amides is 1. The van der Waals surface area contributed by atoms with Crippen LogP contribution in [0, 0.1) is 23.7 Å². The van der Waals surface area contributed by atoms with Crippen molar-refractivity contribution in [2.24, 2.45) is 29.4 Å². The maximum absolute atomic E-state index is 14.0. The van der Waals surface area contributed by atoms with Gasteiger partial charge < -0.3 is 20.8 Å². The number of carbonyl (C=O) groups excluding carboxylic acids is 5. The lowest BCUT2D eigenvalue weighted by Gasteiger charge is -2.52.